The molecule has 7 nitrogen and oxygen atoms in total. The molecule has 0 fully saturated rings. The summed E-state index contributed by atoms with van der Waals surface area (Å²) in [5, 5.41) is 11.9. The van der Waals surface area contributed by atoms with Gasteiger partial charge in [-0.15, -0.1) is 10.2 Å². The Hall–Kier alpha value is -3.27. The fraction of sp³-hybridized carbons (Fsp3) is 0. The summed E-state index contributed by atoms with van der Waals surface area (Å²) >= 11 is 14.7. The molecule has 32 heavy (non-hydrogen) atoms. The molecule has 0 saturated carbocycles. The van der Waals surface area contributed by atoms with E-state index < -0.39 is 0 Å². The van der Waals surface area contributed by atoms with Crippen molar-refractivity contribution in [2.75, 3.05) is 5.32 Å². The summed E-state index contributed by atoms with van der Waals surface area (Å²) in [4.78, 5) is 12.4. The molecule has 10 heteroatoms. The fourth-order valence-electron chi connectivity index (χ4n) is 2.73. The SMILES string of the molecule is O=C(NNC(=S)Nc1ccc(Br)cc1)c1ccc(-c2nnc(-c3ccccc3Cl)o2)cc1. The number of hydrogen-bond donors (Lipinski definition) is 3. The first-order chi connectivity index (χ1) is 15.5. The number of carbonyl (C=O) groups excluding carboxylic acids is 1. The van der Waals surface area contributed by atoms with Crippen LogP contribution in [0.5, 0.6) is 0 Å². The van der Waals surface area contributed by atoms with Crippen LogP contribution in [-0.2, 0) is 0 Å². The van der Waals surface area contributed by atoms with Crippen molar-refractivity contribution in [3.63, 3.8) is 0 Å². The van der Waals surface area contributed by atoms with E-state index in [0.717, 1.165) is 10.2 Å². The van der Waals surface area contributed by atoms with E-state index in [9.17, 15) is 4.79 Å². The first-order valence-corrected chi connectivity index (χ1v) is 10.9. The molecule has 3 aromatic carbocycles. The first kappa shape index (κ1) is 21.9. The van der Waals surface area contributed by atoms with Crippen LogP contribution < -0.4 is 16.2 Å². The normalized spacial score (nSPS) is 10.4. The molecule has 0 aliphatic carbocycles. The summed E-state index contributed by atoms with van der Waals surface area (Å²) in [5.74, 6) is 0.298. The zero-order valence-corrected chi connectivity index (χ0v) is 19.5. The monoisotopic (exact) mass is 527 g/mol. The number of anilines is 1. The molecule has 4 rings (SSSR count). The summed E-state index contributed by atoms with van der Waals surface area (Å²) in [6.45, 7) is 0. The van der Waals surface area contributed by atoms with Gasteiger partial charge >= 0.3 is 0 Å². The van der Waals surface area contributed by atoms with Gasteiger partial charge in [0.05, 0.1) is 10.6 Å². The van der Waals surface area contributed by atoms with Gasteiger partial charge in [0.15, 0.2) is 5.11 Å². The summed E-state index contributed by atoms with van der Waals surface area (Å²) in [6, 6.07) is 21.4. The maximum atomic E-state index is 12.4. The molecule has 1 amide bonds. The van der Waals surface area contributed by atoms with E-state index in [2.05, 4.69) is 42.3 Å². The Balaban J connectivity index is 1.36. The number of hydrogen-bond acceptors (Lipinski definition) is 5. The number of rotatable bonds is 4. The second-order valence-electron chi connectivity index (χ2n) is 6.51. The average Bonchev–Trinajstić information content (AvgIpc) is 3.29. The highest BCUT2D eigenvalue weighted by molar-refractivity contribution is 9.10. The van der Waals surface area contributed by atoms with Crippen LogP contribution in [0.15, 0.2) is 81.7 Å². The average molecular weight is 529 g/mol. The van der Waals surface area contributed by atoms with Crippen molar-refractivity contribution in [3.8, 4) is 22.9 Å². The molecule has 1 aromatic heterocycles. The van der Waals surface area contributed by atoms with Crippen LogP contribution in [0, 0.1) is 0 Å². The lowest BCUT2D eigenvalue weighted by atomic mass is 10.1. The maximum absolute atomic E-state index is 12.4. The van der Waals surface area contributed by atoms with Crippen LogP contribution in [0.1, 0.15) is 10.4 Å². The second-order valence-corrected chi connectivity index (χ2v) is 8.24. The highest BCUT2D eigenvalue weighted by Gasteiger charge is 2.14. The Morgan fingerprint density at radius 3 is 2.31 bits per heavy atom. The van der Waals surface area contributed by atoms with Crippen LogP contribution >= 0.6 is 39.7 Å². The van der Waals surface area contributed by atoms with Crippen molar-refractivity contribution in [1.82, 2.24) is 21.0 Å². The number of benzene rings is 3. The zero-order valence-electron chi connectivity index (χ0n) is 16.3. The predicted octanol–water partition coefficient (Wildman–Crippen LogP) is 5.45. The number of nitrogens with zero attached hydrogens (tertiary/aromatic N) is 2. The molecule has 0 saturated heterocycles. The third kappa shape index (κ3) is 5.31. The molecule has 0 radical (unpaired) electrons. The maximum Gasteiger partial charge on any atom is 0.269 e. The molecule has 160 valence electrons. The van der Waals surface area contributed by atoms with Crippen LogP contribution in [-0.4, -0.2) is 21.2 Å². The van der Waals surface area contributed by atoms with Gasteiger partial charge in [0.1, 0.15) is 0 Å². The Labute approximate surface area is 202 Å². The minimum Gasteiger partial charge on any atom is -0.416 e. The zero-order chi connectivity index (χ0) is 22.5. The van der Waals surface area contributed by atoms with E-state index in [1.54, 1.807) is 36.4 Å². The number of hydrazine groups is 1. The van der Waals surface area contributed by atoms with E-state index >= 15 is 0 Å². The molecular weight excluding hydrogens is 514 g/mol. The molecule has 0 atom stereocenters. The van der Waals surface area contributed by atoms with Gasteiger partial charge in [0.2, 0.25) is 11.8 Å². The number of nitrogens with one attached hydrogen (secondary N) is 3. The second kappa shape index (κ2) is 9.90. The minimum atomic E-state index is -0.348. The Bertz CT molecular complexity index is 1260. The molecule has 0 aliphatic heterocycles. The lowest BCUT2D eigenvalue weighted by Crippen LogP contribution is -2.43. The summed E-state index contributed by atoms with van der Waals surface area (Å²) in [6.07, 6.45) is 0. The van der Waals surface area contributed by atoms with Crippen molar-refractivity contribution >= 4 is 56.5 Å². The van der Waals surface area contributed by atoms with Gasteiger partial charge in [-0.2, -0.15) is 0 Å². The van der Waals surface area contributed by atoms with Gasteiger partial charge in [-0.25, -0.2) is 0 Å². The van der Waals surface area contributed by atoms with Crippen LogP contribution in [0.3, 0.4) is 0 Å². The van der Waals surface area contributed by atoms with Gasteiger partial charge in [-0.1, -0.05) is 39.7 Å². The van der Waals surface area contributed by atoms with E-state index in [0.29, 0.717) is 33.5 Å². The van der Waals surface area contributed by atoms with Gasteiger partial charge in [-0.3, -0.25) is 15.6 Å². The summed E-state index contributed by atoms with van der Waals surface area (Å²) in [5.41, 5.74) is 7.78. The van der Waals surface area contributed by atoms with E-state index in [4.69, 9.17) is 28.2 Å². The Kier molecular flexibility index (Phi) is 6.79. The van der Waals surface area contributed by atoms with Crippen molar-refractivity contribution in [1.29, 1.82) is 0 Å². The number of amides is 1. The summed E-state index contributed by atoms with van der Waals surface area (Å²) < 4.78 is 6.69. The highest BCUT2D eigenvalue weighted by atomic mass is 79.9. The standard InChI is InChI=1S/C22H15BrClN5O2S/c23-15-9-11-16(12-10-15)25-22(32)29-26-19(30)13-5-7-14(8-6-13)20-27-28-21(31-20)17-3-1-2-4-18(17)24/h1-12H,(H,26,30)(H2,25,29,32). The molecule has 0 unspecified atom stereocenters. The van der Waals surface area contributed by atoms with Crippen LogP contribution in [0.25, 0.3) is 22.9 Å². The third-order valence-electron chi connectivity index (χ3n) is 4.31. The Morgan fingerprint density at radius 2 is 1.59 bits per heavy atom. The van der Waals surface area contributed by atoms with E-state index in [1.165, 1.54) is 0 Å². The quantitative estimate of drug-likeness (QED) is 0.240. The predicted molar refractivity (Wildman–Crippen MR) is 131 cm³/mol. The molecule has 4 aromatic rings. The minimum absolute atomic E-state index is 0.259. The van der Waals surface area contributed by atoms with Crippen molar-refractivity contribution < 1.29 is 9.21 Å². The van der Waals surface area contributed by atoms with Gasteiger partial charge in [-0.05, 0) is 72.9 Å². The molecule has 0 spiro atoms. The first-order valence-electron chi connectivity index (χ1n) is 9.31. The van der Waals surface area contributed by atoms with E-state index in [1.807, 2.05) is 36.4 Å². The van der Waals surface area contributed by atoms with E-state index in [-0.39, 0.29) is 11.0 Å². The number of thiocarbonyl (C=S) groups is 1. The number of carbonyl (C=O) groups is 1. The number of aromatic nitrogens is 2. The van der Waals surface area contributed by atoms with Crippen molar-refractivity contribution in [2.45, 2.75) is 0 Å². The topological polar surface area (TPSA) is 92.1 Å². The molecular formula is C22H15BrClN5O2S. The van der Waals surface area contributed by atoms with Crippen molar-refractivity contribution in [2.24, 2.45) is 0 Å². The fourth-order valence-corrected chi connectivity index (χ4v) is 3.38. The molecule has 0 aliphatic rings. The largest absolute Gasteiger partial charge is 0.416 e. The van der Waals surface area contributed by atoms with Crippen LogP contribution in [0.4, 0.5) is 5.69 Å². The lowest BCUT2D eigenvalue weighted by molar-refractivity contribution is 0.0944. The number of halogens is 2. The molecule has 3 N–H and O–H groups in total. The van der Waals surface area contributed by atoms with Crippen molar-refractivity contribution in [3.05, 3.63) is 87.9 Å². The van der Waals surface area contributed by atoms with Gasteiger partial charge in [0, 0.05) is 21.3 Å². The smallest absolute Gasteiger partial charge is 0.269 e. The highest BCUT2D eigenvalue weighted by Crippen LogP contribution is 2.29. The van der Waals surface area contributed by atoms with Crippen LogP contribution in [0.2, 0.25) is 5.02 Å². The van der Waals surface area contributed by atoms with Gasteiger partial charge < -0.3 is 9.73 Å². The summed E-state index contributed by atoms with van der Waals surface area (Å²) in [7, 11) is 0. The third-order valence-corrected chi connectivity index (χ3v) is 5.38. The molecule has 0 bridgehead atoms. The van der Waals surface area contributed by atoms with Gasteiger partial charge in [0.25, 0.3) is 5.91 Å². The lowest BCUT2D eigenvalue weighted by Gasteiger charge is -2.11. The Morgan fingerprint density at radius 1 is 0.906 bits per heavy atom. The molecule has 1 heterocycles.